The summed E-state index contributed by atoms with van der Waals surface area (Å²) in [5.74, 6) is 0.246. The number of halogens is 1. The van der Waals surface area contributed by atoms with Gasteiger partial charge in [-0.1, -0.05) is 0 Å². The number of hydrogen-bond donors (Lipinski definition) is 1. The van der Waals surface area contributed by atoms with E-state index in [1.807, 2.05) is 6.92 Å². The Hall–Kier alpha value is -1.30. The van der Waals surface area contributed by atoms with Gasteiger partial charge < -0.3 is 5.32 Å². The smallest absolute Gasteiger partial charge is 0.306 e. The van der Waals surface area contributed by atoms with Crippen LogP contribution >= 0.6 is 11.8 Å². The maximum Gasteiger partial charge on any atom is 0.306 e. The fourth-order valence-electron chi connectivity index (χ4n) is 1.85. The average Bonchev–Trinajstić information content (AvgIpc) is 2.26. The standard InChI is InChI=1S/C11H13FN2O2S/c1-7-8-5-9(12)11(14(15)16)6-10(8)13-3-2-4-17-7/h5-7,13H,2-4H2,1H3. The third-order valence-electron chi connectivity index (χ3n) is 2.76. The minimum atomic E-state index is -0.761. The summed E-state index contributed by atoms with van der Waals surface area (Å²) >= 11 is 1.74. The molecule has 17 heavy (non-hydrogen) atoms. The quantitative estimate of drug-likeness (QED) is 0.618. The van der Waals surface area contributed by atoms with Crippen molar-refractivity contribution in [3.8, 4) is 0 Å². The SMILES string of the molecule is CC1SCCCNc2cc([N+](=O)[O-])c(F)cc21. The first kappa shape index (κ1) is 12.2. The van der Waals surface area contributed by atoms with E-state index in [9.17, 15) is 14.5 Å². The number of fused-ring (bicyclic) bond motifs is 1. The number of hydrogen-bond acceptors (Lipinski definition) is 4. The lowest BCUT2D eigenvalue weighted by Crippen LogP contribution is -2.11. The maximum atomic E-state index is 13.6. The van der Waals surface area contributed by atoms with Crippen molar-refractivity contribution >= 4 is 23.1 Å². The van der Waals surface area contributed by atoms with Crippen molar-refractivity contribution in [3.63, 3.8) is 0 Å². The van der Waals surface area contributed by atoms with E-state index in [2.05, 4.69) is 5.32 Å². The van der Waals surface area contributed by atoms with Gasteiger partial charge in [-0.25, -0.2) is 0 Å². The summed E-state index contributed by atoms with van der Waals surface area (Å²) in [5.41, 5.74) is 1.02. The Morgan fingerprint density at radius 3 is 3.06 bits per heavy atom. The van der Waals surface area contributed by atoms with Crippen molar-refractivity contribution in [1.29, 1.82) is 0 Å². The van der Waals surface area contributed by atoms with Gasteiger partial charge in [-0.15, -0.1) is 0 Å². The van der Waals surface area contributed by atoms with E-state index in [-0.39, 0.29) is 5.25 Å². The highest BCUT2D eigenvalue weighted by molar-refractivity contribution is 7.99. The first-order chi connectivity index (χ1) is 8.09. The molecule has 0 saturated heterocycles. The molecule has 0 aromatic heterocycles. The highest BCUT2D eigenvalue weighted by atomic mass is 32.2. The number of nitrogens with one attached hydrogen (secondary N) is 1. The molecule has 0 saturated carbocycles. The molecule has 1 unspecified atom stereocenters. The summed E-state index contributed by atoms with van der Waals surface area (Å²) in [5, 5.41) is 14.0. The molecule has 0 radical (unpaired) electrons. The van der Waals surface area contributed by atoms with Crippen molar-refractivity contribution in [2.75, 3.05) is 17.6 Å². The van der Waals surface area contributed by atoms with Crippen molar-refractivity contribution in [2.24, 2.45) is 0 Å². The van der Waals surface area contributed by atoms with E-state index in [4.69, 9.17) is 0 Å². The highest BCUT2D eigenvalue weighted by Crippen LogP contribution is 2.38. The Labute approximate surface area is 103 Å². The van der Waals surface area contributed by atoms with Gasteiger partial charge in [0.1, 0.15) is 0 Å². The second-order valence-corrected chi connectivity index (χ2v) is 5.39. The van der Waals surface area contributed by atoms with Crippen LogP contribution in [0, 0.1) is 15.9 Å². The molecule has 6 heteroatoms. The molecule has 1 N–H and O–H groups in total. The van der Waals surface area contributed by atoms with Crippen molar-refractivity contribution < 1.29 is 9.31 Å². The summed E-state index contributed by atoms with van der Waals surface area (Å²) in [7, 11) is 0. The zero-order chi connectivity index (χ0) is 12.4. The van der Waals surface area contributed by atoms with Gasteiger partial charge >= 0.3 is 5.69 Å². The Morgan fingerprint density at radius 1 is 1.59 bits per heavy atom. The largest absolute Gasteiger partial charge is 0.385 e. The van der Waals surface area contributed by atoms with Crippen molar-refractivity contribution in [2.45, 2.75) is 18.6 Å². The first-order valence-electron chi connectivity index (χ1n) is 5.43. The first-order valence-corrected chi connectivity index (χ1v) is 6.48. The lowest BCUT2D eigenvalue weighted by Gasteiger charge is -2.20. The van der Waals surface area contributed by atoms with E-state index in [1.165, 1.54) is 12.1 Å². The summed E-state index contributed by atoms with van der Waals surface area (Å²) in [6.45, 7) is 2.75. The molecule has 1 aliphatic heterocycles. The van der Waals surface area contributed by atoms with Crippen LogP contribution in [0.5, 0.6) is 0 Å². The molecular weight excluding hydrogens is 243 g/mol. The monoisotopic (exact) mass is 256 g/mol. The zero-order valence-electron chi connectivity index (χ0n) is 9.40. The molecular formula is C11H13FN2O2S. The van der Waals surface area contributed by atoms with E-state index in [1.54, 1.807) is 11.8 Å². The summed E-state index contributed by atoms with van der Waals surface area (Å²) < 4.78 is 13.6. The Bertz CT molecular complexity index is 453. The van der Waals surface area contributed by atoms with Gasteiger partial charge in [-0.05, 0) is 30.7 Å². The van der Waals surface area contributed by atoms with Crippen LogP contribution in [0.2, 0.25) is 0 Å². The second-order valence-electron chi connectivity index (χ2n) is 3.94. The minimum absolute atomic E-state index is 0.146. The number of nitro groups is 1. The molecule has 0 aliphatic carbocycles. The summed E-state index contributed by atoms with van der Waals surface area (Å²) in [4.78, 5) is 9.99. The summed E-state index contributed by atoms with van der Waals surface area (Å²) in [6, 6.07) is 2.58. The van der Waals surface area contributed by atoms with Gasteiger partial charge in [0.15, 0.2) is 0 Å². The fraction of sp³-hybridized carbons (Fsp3) is 0.455. The van der Waals surface area contributed by atoms with Crippen LogP contribution in [-0.4, -0.2) is 17.2 Å². The average molecular weight is 256 g/mol. The third-order valence-corrected chi connectivity index (χ3v) is 4.04. The zero-order valence-corrected chi connectivity index (χ0v) is 10.2. The minimum Gasteiger partial charge on any atom is -0.385 e. The molecule has 1 atom stereocenters. The normalized spacial score (nSPS) is 19.8. The number of thioether (sulfide) groups is 1. The number of anilines is 1. The molecule has 1 aliphatic rings. The molecule has 2 rings (SSSR count). The van der Waals surface area contributed by atoms with Crippen LogP contribution < -0.4 is 5.32 Å². The highest BCUT2D eigenvalue weighted by Gasteiger charge is 2.22. The lowest BCUT2D eigenvalue weighted by molar-refractivity contribution is -0.387. The second kappa shape index (κ2) is 4.91. The summed E-state index contributed by atoms with van der Waals surface area (Å²) in [6.07, 6.45) is 1.000. The van der Waals surface area contributed by atoms with Gasteiger partial charge in [0.2, 0.25) is 5.82 Å². The van der Waals surface area contributed by atoms with Crippen molar-refractivity contribution in [1.82, 2.24) is 0 Å². The maximum absolute atomic E-state index is 13.6. The Balaban J connectivity index is 2.48. The van der Waals surface area contributed by atoms with E-state index in [0.29, 0.717) is 5.69 Å². The van der Waals surface area contributed by atoms with E-state index in [0.717, 1.165) is 24.3 Å². The fourth-order valence-corrected chi connectivity index (χ4v) is 2.89. The van der Waals surface area contributed by atoms with Gasteiger partial charge in [0.05, 0.1) is 4.92 Å². The van der Waals surface area contributed by atoms with Gasteiger partial charge in [0, 0.05) is 23.5 Å². The van der Waals surface area contributed by atoms with Crippen LogP contribution in [-0.2, 0) is 0 Å². The molecule has 1 aromatic carbocycles. The van der Waals surface area contributed by atoms with Crippen LogP contribution in [0.4, 0.5) is 15.8 Å². The molecule has 0 bridgehead atoms. The van der Waals surface area contributed by atoms with E-state index < -0.39 is 16.4 Å². The molecule has 92 valence electrons. The predicted octanol–water partition coefficient (Wildman–Crippen LogP) is 3.34. The topological polar surface area (TPSA) is 55.2 Å². The molecule has 4 nitrogen and oxygen atoms in total. The number of rotatable bonds is 1. The van der Waals surface area contributed by atoms with Gasteiger partial charge in [0.25, 0.3) is 0 Å². The molecule has 0 amide bonds. The van der Waals surface area contributed by atoms with Crippen LogP contribution in [0.25, 0.3) is 0 Å². The van der Waals surface area contributed by atoms with Gasteiger partial charge in [-0.2, -0.15) is 16.2 Å². The van der Waals surface area contributed by atoms with Crippen molar-refractivity contribution in [3.05, 3.63) is 33.6 Å². The third kappa shape index (κ3) is 2.52. The molecule has 1 heterocycles. The lowest BCUT2D eigenvalue weighted by atomic mass is 10.1. The molecule has 0 fully saturated rings. The van der Waals surface area contributed by atoms with E-state index >= 15 is 0 Å². The predicted molar refractivity (Wildman–Crippen MR) is 67.0 cm³/mol. The number of nitro benzene ring substituents is 1. The Morgan fingerprint density at radius 2 is 2.35 bits per heavy atom. The number of nitrogens with zero attached hydrogens (tertiary/aromatic N) is 1. The Kier molecular flexibility index (Phi) is 3.51. The number of benzene rings is 1. The van der Waals surface area contributed by atoms with Crippen LogP contribution in [0.15, 0.2) is 12.1 Å². The molecule has 0 spiro atoms. The molecule has 1 aromatic rings. The van der Waals surface area contributed by atoms with Crippen LogP contribution in [0.1, 0.15) is 24.2 Å². The van der Waals surface area contributed by atoms with Crippen LogP contribution in [0.3, 0.4) is 0 Å². The van der Waals surface area contributed by atoms with Gasteiger partial charge in [-0.3, -0.25) is 10.1 Å².